The number of Topliss-reactive ketones (excluding diaryl/α,β-unsaturated/α-hetero) is 1. The SMILES string of the molecule is COc1ccc(C(=O)C2C(Cl)=CC=CC2(C)Cl)cc1OC. The molecule has 2 unspecified atom stereocenters. The van der Waals surface area contributed by atoms with Gasteiger partial charge in [0.25, 0.3) is 0 Å². The molecule has 1 aromatic rings. The summed E-state index contributed by atoms with van der Waals surface area (Å²) in [5.41, 5.74) is 0.478. The lowest BCUT2D eigenvalue weighted by Gasteiger charge is -2.30. The van der Waals surface area contributed by atoms with Crippen LogP contribution in [-0.2, 0) is 0 Å². The fourth-order valence-corrected chi connectivity index (χ4v) is 3.07. The summed E-state index contributed by atoms with van der Waals surface area (Å²) in [6, 6.07) is 5.00. The third-order valence-corrected chi connectivity index (χ3v) is 4.14. The van der Waals surface area contributed by atoms with Crippen molar-refractivity contribution < 1.29 is 14.3 Å². The van der Waals surface area contributed by atoms with Gasteiger partial charge in [0.05, 0.1) is 25.0 Å². The first kappa shape index (κ1) is 15.9. The minimum atomic E-state index is -0.851. The first-order chi connectivity index (χ1) is 9.90. The van der Waals surface area contributed by atoms with Crippen molar-refractivity contribution in [2.24, 2.45) is 5.92 Å². The van der Waals surface area contributed by atoms with Crippen LogP contribution in [0, 0.1) is 5.92 Å². The van der Waals surface area contributed by atoms with Crippen LogP contribution >= 0.6 is 23.2 Å². The molecular formula is C16H16Cl2O3. The molecule has 0 N–H and O–H groups in total. The highest BCUT2D eigenvalue weighted by Gasteiger charge is 2.39. The number of ketones is 1. The summed E-state index contributed by atoms with van der Waals surface area (Å²) in [5, 5.41) is 0.426. The lowest BCUT2D eigenvalue weighted by Crippen LogP contribution is -2.35. The maximum Gasteiger partial charge on any atom is 0.173 e. The standard InChI is InChI=1S/C16H16Cl2O3/c1-16(18)8-4-5-11(17)14(16)15(19)10-6-7-12(20-2)13(9-10)21-3/h4-9,14H,1-3H3. The Balaban J connectivity index is 2.40. The number of halogens is 2. The van der Waals surface area contributed by atoms with E-state index in [4.69, 9.17) is 32.7 Å². The van der Waals surface area contributed by atoms with Crippen LogP contribution in [0.3, 0.4) is 0 Å². The molecule has 1 aliphatic rings. The van der Waals surface area contributed by atoms with Crippen LogP contribution in [0.2, 0.25) is 0 Å². The van der Waals surface area contributed by atoms with Gasteiger partial charge in [-0.05, 0) is 31.2 Å². The van der Waals surface area contributed by atoms with E-state index >= 15 is 0 Å². The van der Waals surface area contributed by atoms with Crippen molar-refractivity contribution in [3.8, 4) is 11.5 Å². The second-order valence-electron chi connectivity index (χ2n) is 4.93. The summed E-state index contributed by atoms with van der Waals surface area (Å²) in [4.78, 5) is 11.9. The Hall–Kier alpha value is -1.45. The normalized spacial score (nSPS) is 24.4. The van der Waals surface area contributed by atoms with E-state index in [9.17, 15) is 4.79 Å². The molecule has 0 amide bonds. The van der Waals surface area contributed by atoms with Crippen molar-refractivity contribution in [1.82, 2.24) is 0 Å². The molecule has 3 nitrogen and oxygen atoms in total. The van der Waals surface area contributed by atoms with E-state index < -0.39 is 10.8 Å². The van der Waals surface area contributed by atoms with Crippen LogP contribution in [0.5, 0.6) is 11.5 Å². The lowest BCUT2D eigenvalue weighted by atomic mass is 9.83. The highest BCUT2D eigenvalue weighted by molar-refractivity contribution is 6.36. The van der Waals surface area contributed by atoms with Gasteiger partial charge in [0, 0.05) is 10.6 Å². The van der Waals surface area contributed by atoms with Gasteiger partial charge >= 0.3 is 0 Å². The zero-order chi connectivity index (χ0) is 15.6. The Morgan fingerprint density at radius 1 is 1.24 bits per heavy atom. The molecule has 1 aliphatic carbocycles. The van der Waals surface area contributed by atoms with Gasteiger partial charge in [-0.3, -0.25) is 4.79 Å². The fraction of sp³-hybridized carbons (Fsp3) is 0.312. The summed E-state index contributed by atoms with van der Waals surface area (Å²) in [6.07, 6.45) is 5.21. The van der Waals surface area contributed by atoms with Crippen molar-refractivity contribution >= 4 is 29.0 Å². The molecular weight excluding hydrogens is 311 g/mol. The smallest absolute Gasteiger partial charge is 0.173 e. The van der Waals surface area contributed by atoms with E-state index in [1.165, 1.54) is 7.11 Å². The van der Waals surface area contributed by atoms with Crippen molar-refractivity contribution in [2.45, 2.75) is 11.8 Å². The second kappa shape index (κ2) is 6.12. The highest BCUT2D eigenvalue weighted by atomic mass is 35.5. The van der Waals surface area contributed by atoms with E-state index in [2.05, 4.69) is 0 Å². The van der Waals surface area contributed by atoms with Crippen LogP contribution in [0.1, 0.15) is 17.3 Å². The Labute approximate surface area is 134 Å². The van der Waals surface area contributed by atoms with Crippen LogP contribution in [0.15, 0.2) is 41.5 Å². The molecule has 0 saturated carbocycles. The fourth-order valence-electron chi connectivity index (χ4n) is 2.33. The Bertz CT molecular complexity index is 618. The van der Waals surface area contributed by atoms with Gasteiger partial charge in [0.15, 0.2) is 17.3 Å². The average Bonchev–Trinajstić information content (AvgIpc) is 2.45. The maximum atomic E-state index is 12.8. The van der Waals surface area contributed by atoms with Crippen molar-refractivity contribution in [2.75, 3.05) is 14.2 Å². The quantitative estimate of drug-likeness (QED) is 0.614. The molecule has 0 saturated heterocycles. The Morgan fingerprint density at radius 3 is 2.48 bits per heavy atom. The third kappa shape index (κ3) is 3.09. The van der Waals surface area contributed by atoms with E-state index in [0.717, 1.165) is 0 Å². The van der Waals surface area contributed by atoms with Gasteiger partial charge in [-0.2, -0.15) is 0 Å². The molecule has 5 heteroatoms. The Kier molecular flexibility index (Phi) is 4.64. The van der Waals surface area contributed by atoms with Crippen LogP contribution in [0.4, 0.5) is 0 Å². The molecule has 0 fully saturated rings. The van der Waals surface area contributed by atoms with E-state index in [-0.39, 0.29) is 5.78 Å². The van der Waals surface area contributed by atoms with Gasteiger partial charge < -0.3 is 9.47 Å². The van der Waals surface area contributed by atoms with Crippen molar-refractivity contribution in [1.29, 1.82) is 0 Å². The first-order valence-corrected chi connectivity index (χ1v) is 7.16. The van der Waals surface area contributed by atoms with Gasteiger partial charge in [0.2, 0.25) is 0 Å². The molecule has 0 spiro atoms. The number of hydrogen-bond acceptors (Lipinski definition) is 3. The number of methoxy groups -OCH3 is 2. The van der Waals surface area contributed by atoms with Crippen LogP contribution in [0.25, 0.3) is 0 Å². The van der Waals surface area contributed by atoms with Crippen LogP contribution in [-0.4, -0.2) is 24.9 Å². The summed E-state index contributed by atoms with van der Waals surface area (Å²) >= 11 is 12.6. The third-order valence-electron chi connectivity index (χ3n) is 3.45. The molecule has 2 rings (SSSR count). The Morgan fingerprint density at radius 2 is 1.90 bits per heavy atom. The number of hydrogen-bond donors (Lipinski definition) is 0. The molecule has 0 bridgehead atoms. The van der Waals surface area contributed by atoms with E-state index in [1.54, 1.807) is 50.5 Å². The minimum Gasteiger partial charge on any atom is -0.493 e. The molecule has 1 aromatic carbocycles. The van der Waals surface area contributed by atoms with Gasteiger partial charge in [-0.1, -0.05) is 23.8 Å². The van der Waals surface area contributed by atoms with Crippen molar-refractivity contribution in [3.63, 3.8) is 0 Å². The van der Waals surface area contributed by atoms with E-state index in [1.807, 2.05) is 0 Å². The van der Waals surface area contributed by atoms with Crippen LogP contribution < -0.4 is 9.47 Å². The second-order valence-corrected chi connectivity index (χ2v) is 6.18. The number of ether oxygens (including phenoxy) is 2. The molecule has 0 aromatic heterocycles. The van der Waals surface area contributed by atoms with E-state index in [0.29, 0.717) is 22.1 Å². The molecule has 112 valence electrons. The highest BCUT2D eigenvalue weighted by Crippen LogP contribution is 2.40. The zero-order valence-electron chi connectivity index (χ0n) is 12.0. The minimum absolute atomic E-state index is 0.154. The first-order valence-electron chi connectivity index (χ1n) is 6.40. The predicted molar refractivity (Wildman–Crippen MR) is 84.7 cm³/mol. The zero-order valence-corrected chi connectivity index (χ0v) is 13.5. The number of benzene rings is 1. The molecule has 0 heterocycles. The molecule has 2 atom stereocenters. The monoisotopic (exact) mass is 326 g/mol. The molecule has 21 heavy (non-hydrogen) atoms. The number of allylic oxidation sites excluding steroid dienone is 4. The summed E-state index contributed by atoms with van der Waals surface area (Å²) in [6.45, 7) is 1.77. The average molecular weight is 327 g/mol. The van der Waals surface area contributed by atoms with Gasteiger partial charge in [-0.15, -0.1) is 11.6 Å². The summed E-state index contributed by atoms with van der Waals surface area (Å²) < 4.78 is 10.4. The topological polar surface area (TPSA) is 35.5 Å². The molecule has 0 aliphatic heterocycles. The van der Waals surface area contributed by atoms with Gasteiger partial charge in [-0.25, -0.2) is 0 Å². The number of alkyl halides is 1. The predicted octanol–water partition coefficient (Wildman–Crippen LogP) is 4.19. The number of carbonyl (C=O) groups is 1. The summed E-state index contributed by atoms with van der Waals surface area (Å²) in [7, 11) is 3.06. The largest absolute Gasteiger partial charge is 0.493 e. The molecule has 0 radical (unpaired) electrons. The van der Waals surface area contributed by atoms with Crippen molar-refractivity contribution in [3.05, 3.63) is 47.0 Å². The number of carbonyl (C=O) groups excluding carboxylic acids is 1. The number of rotatable bonds is 4. The lowest BCUT2D eigenvalue weighted by molar-refractivity contribution is 0.0930. The summed E-state index contributed by atoms with van der Waals surface area (Å²) in [5.74, 6) is 0.280. The maximum absolute atomic E-state index is 12.8. The van der Waals surface area contributed by atoms with Gasteiger partial charge in [0.1, 0.15) is 0 Å².